The Kier molecular flexibility index (Phi) is 3.74. The Labute approximate surface area is 72.6 Å². The number of hydrogen-bond donors (Lipinski definition) is 1. The molecule has 0 radical (unpaired) electrons. The van der Waals surface area contributed by atoms with Crippen LogP contribution in [0.4, 0.5) is 4.39 Å². The maximum absolute atomic E-state index is 13.0. The molecule has 0 aliphatic rings. The molecule has 1 aromatic rings. The van der Waals surface area contributed by atoms with Crippen molar-refractivity contribution in [2.75, 3.05) is 13.6 Å². The van der Waals surface area contributed by atoms with Crippen LogP contribution in [0.3, 0.4) is 0 Å². The number of alkyl halides is 1. The summed E-state index contributed by atoms with van der Waals surface area (Å²) < 4.78 is 13.0. The summed E-state index contributed by atoms with van der Waals surface area (Å²) in [6.45, 7) is 0.425. The Bertz CT molecular complexity index is 210. The van der Waals surface area contributed by atoms with Crippen LogP contribution >= 0.6 is 0 Å². The second kappa shape index (κ2) is 4.88. The van der Waals surface area contributed by atoms with Crippen LogP contribution in [0, 0.1) is 0 Å². The highest BCUT2D eigenvalue weighted by Gasteiger charge is 2.04. The standard InChI is InChI=1S/C10H14FN/c1-12-8-10(11)7-9-5-3-2-4-6-9/h2-6,10,12H,7-8H2,1H3/t10-/m0/s1. The van der Waals surface area contributed by atoms with E-state index in [9.17, 15) is 4.39 Å². The first kappa shape index (κ1) is 9.20. The minimum Gasteiger partial charge on any atom is -0.317 e. The molecule has 0 heterocycles. The van der Waals surface area contributed by atoms with Gasteiger partial charge < -0.3 is 5.32 Å². The van der Waals surface area contributed by atoms with E-state index in [2.05, 4.69) is 5.32 Å². The summed E-state index contributed by atoms with van der Waals surface area (Å²) >= 11 is 0. The lowest BCUT2D eigenvalue weighted by molar-refractivity contribution is 0.324. The van der Waals surface area contributed by atoms with Gasteiger partial charge in [0.2, 0.25) is 0 Å². The maximum Gasteiger partial charge on any atom is 0.116 e. The summed E-state index contributed by atoms with van der Waals surface area (Å²) in [4.78, 5) is 0. The Morgan fingerprint density at radius 3 is 2.58 bits per heavy atom. The van der Waals surface area contributed by atoms with Crippen LogP contribution in [0.1, 0.15) is 5.56 Å². The van der Waals surface area contributed by atoms with E-state index in [-0.39, 0.29) is 0 Å². The van der Waals surface area contributed by atoms with Crippen molar-refractivity contribution in [1.82, 2.24) is 5.32 Å². The van der Waals surface area contributed by atoms with Gasteiger partial charge in [0, 0.05) is 13.0 Å². The third kappa shape index (κ3) is 3.01. The smallest absolute Gasteiger partial charge is 0.116 e. The predicted molar refractivity (Wildman–Crippen MR) is 49.0 cm³/mol. The molecule has 1 atom stereocenters. The van der Waals surface area contributed by atoms with Crippen LogP contribution in [-0.2, 0) is 6.42 Å². The molecule has 0 unspecified atom stereocenters. The van der Waals surface area contributed by atoms with E-state index in [0.717, 1.165) is 5.56 Å². The third-order valence-corrected chi connectivity index (χ3v) is 1.73. The Morgan fingerprint density at radius 2 is 2.00 bits per heavy atom. The molecule has 66 valence electrons. The molecule has 1 N–H and O–H groups in total. The topological polar surface area (TPSA) is 12.0 Å². The molecule has 1 aromatic carbocycles. The molecule has 2 heteroatoms. The summed E-state index contributed by atoms with van der Waals surface area (Å²) in [5.41, 5.74) is 1.06. The lowest BCUT2D eigenvalue weighted by atomic mass is 10.1. The fourth-order valence-corrected chi connectivity index (χ4v) is 1.16. The van der Waals surface area contributed by atoms with E-state index < -0.39 is 6.17 Å². The van der Waals surface area contributed by atoms with Crippen LogP contribution in [0.2, 0.25) is 0 Å². The first-order valence-electron chi connectivity index (χ1n) is 4.15. The first-order valence-corrected chi connectivity index (χ1v) is 4.15. The van der Waals surface area contributed by atoms with Gasteiger partial charge in [-0.1, -0.05) is 30.3 Å². The molecule has 0 aliphatic heterocycles. The van der Waals surface area contributed by atoms with E-state index in [1.54, 1.807) is 7.05 Å². The zero-order valence-electron chi connectivity index (χ0n) is 7.26. The molecular weight excluding hydrogens is 153 g/mol. The van der Waals surface area contributed by atoms with Crippen LogP contribution in [0.25, 0.3) is 0 Å². The first-order chi connectivity index (χ1) is 5.83. The number of rotatable bonds is 4. The monoisotopic (exact) mass is 167 g/mol. The molecule has 0 bridgehead atoms. The minimum absolute atomic E-state index is 0.425. The number of hydrogen-bond acceptors (Lipinski definition) is 1. The molecule has 1 nitrogen and oxygen atoms in total. The Hall–Kier alpha value is -0.890. The number of nitrogens with one attached hydrogen (secondary N) is 1. The fraction of sp³-hybridized carbons (Fsp3) is 0.400. The van der Waals surface area contributed by atoms with Crippen molar-refractivity contribution >= 4 is 0 Å². The molecule has 1 rings (SSSR count). The highest BCUT2D eigenvalue weighted by Crippen LogP contribution is 2.04. The van der Waals surface area contributed by atoms with E-state index in [0.29, 0.717) is 13.0 Å². The largest absolute Gasteiger partial charge is 0.317 e. The predicted octanol–water partition coefficient (Wildman–Crippen LogP) is 1.79. The van der Waals surface area contributed by atoms with Gasteiger partial charge in [-0.3, -0.25) is 0 Å². The SMILES string of the molecule is CNC[C@@H](F)Cc1ccccc1. The molecule has 0 aliphatic carbocycles. The summed E-state index contributed by atoms with van der Waals surface area (Å²) in [6.07, 6.45) is -0.279. The second-order valence-corrected chi connectivity index (χ2v) is 2.84. The minimum atomic E-state index is -0.780. The van der Waals surface area contributed by atoms with Gasteiger partial charge in [-0.25, -0.2) is 4.39 Å². The van der Waals surface area contributed by atoms with E-state index in [1.807, 2.05) is 30.3 Å². The molecule has 0 saturated carbocycles. The van der Waals surface area contributed by atoms with Gasteiger partial charge in [-0.2, -0.15) is 0 Å². The normalized spacial score (nSPS) is 12.8. The molecule has 0 saturated heterocycles. The third-order valence-electron chi connectivity index (χ3n) is 1.73. The van der Waals surface area contributed by atoms with Crippen molar-refractivity contribution in [3.8, 4) is 0 Å². The highest BCUT2D eigenvalue weighted by molar-refractivity contribution is 5.15. The van der Waals surface area contributed by atoms with Crippen LogP contribution in [0.5, 0.6) is 0 Å². The highest BCUT2D eigenvalue weighted by atomic mass is 19.1. The average molecular weight is 167 g/mol. The molecular formula is C10H14FN. The zero-order chi connectivity index (χ0) is 8.81. The van der Waals surface area contributed by atoms with E-state index in [4.69, 9.17) is 0 Å². The fourth-order valence-electron chi connectivity index (χ4n) is 1.16. The second-order valence-electron chi connectivity index (χ2n) is 2.84. The van der Waals surface area contributed by atoms with E-state index >= 15 is 0 Å². The molecule has 0 fully saturated rings. The molecule has 12 heavy (non-hydrogen) atoms. The average Bonchev–Trinajstić information content (AvgIpc) is 2.06. The van der Waals surface area contributed by atoms with Crippen LogP contribution in [-0.4, -0.2) is 19.8 Å². The van der Waals surface area contributed by atoms with Gasteiger partial charge in [0.05, 0.1) is 0 Å². The summed E-state index contributed by atoms with van der Waals surface area (Å²) in [5, 5.41) is 2.81. The Morgan fingerprint density at radius 1 is 1.33 bits per heavy atom. The van der Waals surface area contributed by atoms with E-state index in [1.165, 1.54) is 0 Å². The lowest BCUT2D eigenvalue weighted by Gasteiger charge is -2.06. The van der Waals surface area contributed by atoms with Crippen molar-refractivity contribution in [2.45, 2.75) is 12.6 Å². The number of benzene rings is 1. The van der Waals surface area contributed by atoms with Crippen molar-refractivity contribution in [3.05, 3.63) is 35.9 Å². The van der Waals surface area contributed by atoms with Gasteiger partial charge in [0.1, 0.15) is 6.17 Å². The van der Waals surface area contributed by atoms with Crippen LogP contribution < -0.4 is 5.32 Å². The summed E-state index contributed by atoms with van der Waals surface area (Å²) in [7, 11) is 1.76. The molecule has 0 amide bonds. The van der Waals surface area contributed by atoms with Crippen LogP contribution in [0.15, 0.2) is 30.3 Å². The lowest BCUT2D eigenvalue weighted by Crippen LogP contribution is -2.21. The van der Waals surface area contributed by atoms with Gasteiger partial charge in [-0.15, -0.1) is 0 Å². The van der Waals surface area contributed by atoms with Crippen molar-refractivity contribution in [3.63, 3.8) is 0 Å². The van der Waals surface area contributed by atoms with Crippen molar-refractivity contribution in [1.29, 1.82) is 0 Å². The zero-order valence-corrected chi connectivity index (χ0v) is 7.26. The molecule has 0 aromatic heterocycles. The Balaban J connectivity index is 2.41. The molecule has 0 spiro atoms. The van der Waals surface area contributed by atoms with Gasteiger partial charge in [0.15, 0.2) is 0 Å². The maximum atomic E-state index is 13.0. The quantitative estimate of drug-likeness (QED) is 0.720. The van der Waals surface area contributed by atoms with Crippen molar-refractivity contribution in [2.24, 2.45) is 0 Å². The summed E-state index contributed by atoms with van der Waals surface area (Å²) in [6, 6.07) is 9.70. The van der Waals surface area contributed by atoms with Gasteiger partial charge in [-0.05, 0) is 12.6 Å². The number of halogens is 1. The summed E-state index contributed by atoms with van der Waals surface area (Å²) in [5.74, 6) is 0. The van der Waals surface area contributed by atoms with Crippen molar-refractivity contribution < 1.29 is 4.39 Å². The van der Waals surface area contributed by atoms with Gasteiger partial charge in [0.25, 0.3) is 0 Å². The van der Waals surface area contributed by atoms with Gasteiger partial charge >= 0.3 is 0 Å².